The number of hydrogen-bond donors (Lipinski definition) is 1. The van der Waals surface area contributed by atoms with Gasteiger partial charge >= 0.3 is 6.18 Å². The summed E-state index contributed by atoms with van der Waals surface area (Å²) in [4.78, 5) is 3.12. The molecule has 0 amide bonds. The predicted molar refractivity (Wildman–Crippen MR) is 73.5 cm³/mol. The lowest BCUT2D eigenvalue weighted by Crippen LogP contribution is -2.04. The number of halogens is 3. The zero-order chi connectivity index (χ0) is 14.3. The standard InChI is InChI=1S/C16H12F3N/c1-10-9-20-15-8-12(5-6-14(10)15)11-3-2-4-13(7-11)16(17,18)19/h2-9,20H,1H3. The Morgan fingerprint density at radius 1 is 0.950 bits per heavy atom. The fourth-order valence-electron chi connectivity index (χ4n) is 2.33. The summed E-state index contributed by atoms with van der Waals surface area (Å²) in [5.74, 6) is 0. The van der Waals surface area contributed by atoms with Gasteiger partial charge in [0.25, 0.3) is 0 Å². The highest BCUT2D eigenvalue weighted by atomic mass is 19.4. The van der Waals surface area contributed by atoms with Crippen molar-refractivity contribution in [2.24, 2.45) is 0 Å². The highest BCUT2D eigenvalue weighted by Crippen LogP contribution is 2.33. The Kier molecular flexibility index (Phi) is 2.82. The molecule has 0 spiro atoms. The first kappa shape index (κ1) is 12.8. The Bertz CT molecular complexity index is 769. The molecule has 0 saturated heterocycles. The predicted octanol–water partition coefficient (Wildman–Crippen LogP) is 5.16. The third-order valence-electron chi connectivity index (χ3n) is 3.41. The van der Waals surface area contributed by atoms with E-state index >= 15 is 0 Å². The van der Waals surface area contributed by atoms with Crippen LogP contribution >= 0.6 is 0 Å². The first-order valence-corrected chi connectivity index (χ1v) is 6.20. The number of H-pyrrole nitrogens is 1. The summed E-state index contributed by atoms with van der Waals surface area (Å²) < 4.78 is 38.2. The molecule has 3 aromatic rings. The topological polar surface area (TPSA) is 15.8 Å². The SMILES string of the molecule is Cc1c[nH]c2cc(-c3cccc(C(F)(F)F)c3)ccc12. The summed E-state index contributed by atoms with van der Waals surface area (Å²) in [6.07, 6.45) is -2.43. The van der Waals surface area contributed by atoms with E-state index in [-0.39, 0.29) is 0 Å². The fourth-order valence-corrected chi connectivity index (χ4v) is 2.33. The second kappa shape index (κ2) is 4.40. The van der Waals surface area contributed by atoms with Crippen molar-refractivity contribution in [2.75, 3.05) is 0 Å². The number of benzene rings is 2. The van der Waals surface area contributed by atoms with Crippen LogP contribution in [0.25, 0.3) is 22.0 Å². The molecule has 0 bridgehead atoms. The lowest BCUT2D eigenvalue weighted by atomic mass is 10.0. The molecular formula is C16H12F3N. The van der Waals surface area contributed by atoms with E-state index < -0.39 is 11.7 Å². The summed E-state index contributed by atoms with van der Waals surface area (Å²) >= 11 is 0. The maximum absolute atomic E-state index is 12.7. The molecule has 0 aliphatic heterocycles. The number of nitrogens with one attached hydrogen (secondary N) is 1. The number of aromatic amines is 1. The van der Waals surface area contributed by atoms with Gasteiger partial charge in [-0.2, -0.15) is 13.2 Å². The highest BCUT2D eigenvalue weighted by molar-refractivity contribution is 5.87. The van der Waals surface area contributed by atoms with Crippen molar-refractivity contribution in [2.45, 2.75) is 13.1 Å². The van der Waals surface area contributed by atoms with Gasteiger partial charge in [0.2, 0.25) is 0 Å². The van der Waals surface area contributed by atoms with Crippen molar-refractivity contribution in [1.29, 1.82) is 0 Å². The van der Waals surface area contributed by atoms with Crippen LogP contribution in [0.1, 0.15) is 11.1 Å². The number of fused-ring (bicyclic) bond motifs is 1. The van der Waals surface area contributed by atoms with Gasteiger partial charge < -0.3 is 4.98 Å². The van der Waals surface area contributed by atoms with Crippen LogP contribution in [0.15, 0.2) is 48.7 Å². The van der Waals surface area contributed by atoms with E-state index in [1.54, 1.807) is 6.07 Å². The summed E-state index contributed by atoms with van der Waals surface area (Å²) in [6.45, 7) is 1.99. The zero-order valence-electron chi connectivity index (χ0n) is 10.8. The monoisotopic (exact) mass is 275 g/mol. The summed E-state index contributed by atoms with van der Waals surface area (Å²) in [6, 6.07) is 11.0. The number of hydrogen-bond acceptors (Lipinski definition) is 0. The molecule has 102 valence electrons. The van der Waals surface area contributed by atoms with E-state index in [0.717, 1.165) is 28.1 Å². The van der Waals surface area contributed by atoms with Gasteiger partial charge in [-0.3, -0.25) is 0 Å². The molecule has 0 saturated carbocycles. The maximum Gasteiger partial charge on any atom is 0.416 e. The number of rotatable bonds is 1. The number of aromatic nitrogens is 1. The molecule has 0 atom stereocenters. The molecule has 4 heteroatoms. The van der Waals surface area contributed by atoms with E-state index in [2.05, 4.69) is 4.98 Å². The molecule has 0 aliphatic rings. The van der Waals surface area contributed by atoms with Crippen molar-refractivity contribution in [3.8, 4) is 11.1 Å². The summed E-state index contributed by atoms with van der Waals surface area (Å²) in [7, 11) is 0. The van der Waals surface area contributed by atoms with Gasteiger partial charge in [0.15, 0.2) is 0 Å². The van der Waals surface area contributed by atoms with Gasteiger partial charge in [0.1, 0.15) is 0 Å². The number of aryl methyl sites for hydroxylation is 1. The van der Waals surface area contributed by atoms with Crippen LogP contribution in [0.4, 0.5) is 13.2 Å². The van der Waals surface area contributed by atoms with E-state index in [9.17, 15) is 13.2 Å². The minimum absolute atomic E-state index is 0.564. The van der Waals surface area contributed by atoms with Gasteiger partial charge in [-0.15, -0.1) is 0 Å². The molecule has 1 N–H and O–H groups in total. The molecule has 2 aromatic carbocycles. The molecule has 20 heavy (non-hydrogen) atoms. The highest BCUT2D eigenvalue weighted by Gasteiger charge is 2.30. The molecule has 1 aromatic heterocycles. The Balaban J connectivity index is 2.11. The number of alkyl halides is 3. The fraction of sp³-hybridized carbons (Fsp3) is 0.125. The first-order valence-electron chi connectivity index (χ1n) is 6.20. The molecule has 1 nitrogen and oxygen atoms in total. The Hall–Kier alpha value is -2.23. The third kappa shape index (κ3) is 2.18. The Morgan fingerprint density at radius 3 is 2.45 bits per heavy atom. The second-order valence-corrected chi connectivity index (χ2v) is 4.81. The van der Waals surface area contributed by atoms with E-state index in [0.29, 0.717) is 5.56 Å². The Labute approximate surface area is 114 Å². The smallest absolute Gasteiger partial charge is 0.361 e. The van der Waals surface area contributed by atoms with Gasteiger partial charge in [0.05, 0.1) is 5.56 Å². The molecule has 3 rings (SSSR count). The molecular weight excluding hydrogens is 263 g/mol. The van der Waals surface area contributed by atoms with Crippen LogP contribution in [0.2, 0.25) is 0 Å². The minimum Gasteiger partial charge on any atom is -0.361 e. The van der Waals surface area contributed by atoms with Crippen molar-refractivity contribution in [3.05, 3.63) is 59.8 Å². The van der Waals surface area contributed by atoms with E-state index in [1.165, 1.54) is 12.1 Å². The van der Waals surface area contributed by atoms with E-state index in [4.69, 9.17) is 0 Å². The normalized spacial score (nSPS) is 12.0. The maximum atomic E-state index is 12.7. The van der Waals surface area contributed by atoms with E-state index in [1.807, 2.05) is 31.3 Å². The van der Waals surface area contributed by atoms with Gasteiger partial charge in [-0.05, 0) is 41.8 Å². The zero-order valence-corrected chi connectivity index (χ0v) is 10.8. The largest absolute Gasteiger partial charge is 0.416 e. The van der Waals surface area contributed by atoms with Crippen molar-refractivity contribution >= 4 is 10.9 Å². The van der Waals surface area contributed by atoms with Crippen LogP contribution in [-0.4, -0.2) is 4.98 Å². The third-order valence-corrected chi connectivity index (χ3v) is 3.41. The summed E-state index contributed by atoms with van der Waals surface area (Å²) in [5, 5.41) is 1.08. The quantitative estimate of drug-likeness (QED) is 0.631. The molecule has 0 unspecified atom stereocenters. The lowest BCUT2D eigenvalue weighted by Gasteiger charge is -2.09. The van der Waals surface area contributed by atoms with Gasteiger partial charge in [0, 0.05) is 17.1 Å². The van der Waals surface area contributed by atoms with Crippen LogP contribution in [0.3, 0.4) is 0 Å². The molecule has 0 fully saturated rings. The molecule has 0 radical (unpaired) electrons. The average Bonchev–Trinajstić information content (AvgIpc) is 2.79. The van der Waals surface area contributed by atoms with Gasteiger partial charge in [-0.1, -0.05) is 24.3 Å². The lowest BCUT2D eigenvalue weighted by molar-refractivity contribution is -0.137. The molecule has 0 aliphatic carbocycles. The van der Waals surface area contributed by atoms with Crippen LogP contribution in [0, 0.1) is 6.92 Å². The summed E-state index contributed by atoms with van der Waals surface area (Å²) in [5.41, 5.74) is 2.75. The minimum atomic E-state index is -4.32. The van der Waals surface area contributed by atoms with Crippen LogP contribution < -0.4 is 0 Å². The average molecular weight is 275 g/mol. The van der Waals surface area contributed by atoms with Crippen molar-refractivity contribution in [3.63, 3.8) is 0 Å². The first-order chi connectivity index (χ1) is 9.45. The second-order valence-electron chi connectivity index (χ2n) is 4.81. The van der Waals surface area contributed by atoms with Crippen LogP contribution in [0.5, 0.6) is 0 Å². The van der Waals surface area contributed by atoms with Crippen molar-refractivity contribution < 1.29 is 13.2 Å². The molecule has 1 heterocycles. The Morgan fingerprint density at radius 2 is 1.70 bits per heavy atom. The van der Waals surface area contributed by atoms with Crippen molar-refractivity contribution in [1.82, 2.24) is 4.98 Å². The van der Waals surface area contributed by atoms with Gasteiger partial charge in [-0.25, -0.2) is 0 Å². The van der Waals surface area contributed by atoms with Crippen LogP contribution in [-0.2, 0) is 6.18 Å².